The molecule has 0 saturated heterocycles. The number of ether oxygens (including phenoxy) is 3. The predicted molar refractivity (Wildman–Crippen MR) is 172 cm³/mol. The van der Waals surface area contributed by atoms with Crippen LogP contribution in [0.3, 0.4) is 0 Å². The van der Waals surface area contributed by atoms with Crippen molar-refractivity contribution in [3.05, 3.63) is 21.2 Å². The van der Waals surface area contributed by atoms with Gasteiger partial charge in [-0.3, -0.25) is 9.59 Å². The molecule has 9 heteroatoms. The van der Waals surface area contributed by atoms with Crippen molar-refractivity contribution in [2.45, 2.75) is 124 Å². The Morgan fingerprint density at radius 2 is 1.63 bits per heavy atom. The molecule has 7 nitrogen and oxygen atoms in total. The number of aliphatic hydroxyl groups excluding tert-OH is 1. The Kier molecular flexibility index (Phi) is 10.4. The van der Waals surface area contributed by atoms with Crippen LogP contribution in [0.1, 0.15) is 107 Å². The molecule has 0 aromatic rings. The number of hydrogen-bond acceptors (Lipinski definition) is 7. The van der Waals surface area contributed by atoms with Gasteiger partial charge in [0.15, 0.2) is 0 Å². The normalized spacial score (nSPS) is 41.2. The number of aliphatic hydroxyl groups is 1. The predicted octanol–water partition coefficient (Wildman–Crippen LogP) is 7.77. The molecule has 43 heavy (non-hydrogen) atoms. The van der Waals surface area contributed by atoms with Crippen molar-refractivity contribution in [3.8, 4) is 0 Å². The Morgan fingerprint density at radius 3 is 2.23 bits per heavy atom. The quantitative estimate of drug-likeness (QED) is 0.124. The first-order valence-electron chi connectivity index (χ1n) is 15.8. The van der Waals surface area contributed by atoms with Crippen molar-refractivity contribution in [1.29, 1.82) is 0 Å². The van der Waals surface area contributed by atoms with Gasteiger partial charge >= 0.3 is 17.9 Å². The van der Waals surface area contributed by atoms with Gasteiger partial charge in [0.1, 0.15) is 6.10 Å². The molecule has 0 heterocycles. The molecule has 0 aliphatic heterocycles. The Balaban J connectivity index is 1.83. The number of carbonyl (C=O) groups excluding carboxylic acids is 3. The third-order valence-corrected chi connectivity index (χ3v) is 14.6. The van der Waals surface area contributed by atoms with Crippen LogP contribution in [0.4, 0.5) is 0 Å². The highest BCUT2D eigenvalue weighted by molar-refractivity contribution is 9.11. The van der Waals surface area contributed by atoms with Crippen LogP contribution in [0.15, 0.2) is 21.2 Å². The standard InChI is InChI=1S/C34H50Br2O7/c1-18(2)25(35)10-9-22(31(40)42-17-41-20(4)37)29-24-15-27(39)30-32(6)13-12-26(36)19(3)23(32)11-14-33(30,7)34(24,8)16-28(29)43-21(5)38/h19,23-24,26-28,30,39H,9-17H2,1-8H3/b29-22-/t19-,23?,24?,26?,27?,28?,30?,32?,33-,34?/m0/s1. The van der Waals surface area contributed by atoms with E-state index in [4.69, 9.17) is 14.2 Å². The summed E-state index contributed by atoms with van der Waals surface area (Å²) < 4.78 is 17.4. The maximum absolute atomic E-state index is 13.7. The maximum atomic E-state index is 13.7. The summed E-state index contributed by atoms with van der Waals surface area (Å²) in [6.07, 6.45) is 5.09. The van der Waals surface area contributed by atoms with Gasteiger partial charge in [0, 0.05) is 24.2 Å². The lowest BCUT2D eigenvalue weighted by Crippen LogP contribution is -2.65. The third kappa shape index (κ3) is 6.17. The molecule has 8 unspecified atom stereocenters. The largest absolute Gasteiger partial charge is 0.458 e. The number of fused-ring (bicyclic) bond motifs is 5. The number of esters is 3. The molecular formula is C34H50Br2O7. The summed E-state index contributed by atoms with van der Waals surface area (Å²) in [6.45, 7) is 15.6. The van der Waals surface area contributed by atoms with Gasteiger partial charge in [0.05, 0.1) is 6.10 Å². The molecule has 4 saturated carbocycles. The number of hydrogen-bond donors (Lipinski definition) is 1. The van der Waals surface area contributed by atoms with Gasteiger partial charge in [-0.2, -0.15) is 0 Å². The number of allylic oxidation sites excluding steroid dienone is 2. The first-order valence-corrected chi connectivity index (χ1v) is 17.5. The van der Waals surface area contributed by atoms with Crippen LogP contribution in [-0.2, 0) is 28.6 Å². The van der Waals surface area contributed by atoms with E-state index in [-0.39, 0.29) is 28.1 Å². The molecule has 10 atom stereocenters. The Bertz CT molecular complexity index is 1190. The fourth-order valence-corrected chi connectivity index (χ4v) is 10.8. The molecule has 0 spiro atoms. The number of carbonyl (C=O) groups is 3. The Labute approximate surface area is 274 Å². The lowest BCUT2D eigenvalue weighted by atomic mass is 9.36. The first-order chi connectivity index (χ1) is 20.0. The van der Waals surface area contributed by atoms with Gasteiger partial charge in [-0.25, -0.2) is 4.79 Å². The molecule has 0 amide bonds. The molecule has 0 aromatic heterocycles. The van der Waals surface area contributed by atoms with Gasteiger partial charge in [0.25, 0.3) is 0 Å². The van der Waals surface area contributed by atoms with Crippen LogP contribution in [-0.4, -0.2) is 46.8 Å². The van der Waals surface area contributed by atoms with E-state index < -0.39 is 36.9 Å². The van der Waals surface area contributed by atoms with E-state index in [1.165, 1.54) is 13.8 Å². The summed E-state index contributed by atoms with van der Waals surface area (Å²) in [7, 11) is 0. The molecule has 0 bridgehead atoms. The smallest absolute Gasteiger partial charge is 0.336 e. The second-order valence-electron chi connectivity index (χ2n) is 14.6. The Hall–Kier alpha value is -1.19. The molecule has 4 fully saturated rings. The van der Waals surface area contributed by atoms with Crippen LogP contribution < -0.4 is 0 Å². The van der Waals surface area contributed by atoms with Crippen molar-refractivity contribution in [2.75, 3.05) is 6.79 Å². The van der Waals surface area contributed by atoms with Crippen LogP contribution in [0, 0.1) is 39.9 Å². The van der Waals surface area contributed by atoms with Crippen LogP contribution in [0.25, 0.3) is 0 Å². The van der Waals surface area contributed by atoms with Gasteiger partial charge < -0.3 is 19.3 Å². The third-order valence-electron chi connectivity index (χ3n) is 12.1. The average Bonchev–Trinajstić information content (AvgIpc) is 3.17. The van der Waals surface area contributed by atoms with E-state index in [1.807, 2.05) is 13.8 Å². The van der Waals surface area contributed by atoms with E-state index in [1.54, 1.807) is 0 Å². The molecular weight excluding hydrogens is 680 g/mol. The van der Waals surface area contributed by atoms with Crippen molar-refractivity contribution < 1.29 is 33.7 Å². The van der Waals surface area contributed by atoms with E-state index in [2.05, 4.69) is 59.6 Å². The summed E-state index contributed by atoms with van der Waals surface area (Å²) in [4.78, 5) is 38.1. The molecule has 4 aliphatic carbocycles. The molecule has 4 aliphatic rings. The van der Waals surface area contributed by atoms with Gasteiger partial charge in [-0.1, -0.05) is 65.1 Å². The highest BCUT2D eigenvalue weighted by Crippen LogP contribution is 2.74. The lowest BCUT2D eigenvalue weighted by Gasteiger charge is -2.69. The zero-order valence-electron chi connectivity index (χ0n) is 27.1. The van der Waals surface area contributed by atoms with Crippen molar-refractivity contribution in [2.24, 2.45) is 39.9 Å². The minimum absolute atomic E-state index is 0.00637. The van der Waals surface area contributed by atoms with Crippen LogP contribution in [0.5, 0.6) is 0 Å². The minimum atomic E-state index is -0.597. The van der Waals surface area contributed by atoms with Crippen molar-refractivity contribution in [3.63, 3.8) is 0 Å². The SMILES string of the molecule is CC(=O)OCOC(=O)/C(CCC(Br)=C(C)C)=C1\C(OC(C)=O)CC2(C)C1CC(O)C1C3(C)CCC(Br)[C@@H](C)C3CC[C@@]12C. The zero-order chi connectivity index (χ0) is 32.1. The van der Waals surface area contributed by atoms with Gasteiger partial charge in [0.2, 0.25) is 6.79 Å². The molecule has 242 valence electrons. The summed E-state index contributed by atoms with van der Waals surface area (Å²) >= 11 is 7.60. The van der Waals surface area contributed by atoms with Gasteiger partial charge in [-0.05, 0) is 115 Å². The lowest BCUT2D eigenvalue weighted by molar-refractivity contribution is -0.224. The number of alkyl halides is 1. The Morgan fingerprint density at radius 1 is 0.953 bits per heavy atom. The van der Waals surface area contributed by atoms with E-state index >= 15 is 0 Å². The summed E-state index contributed by atoms with van der Waals surface area (Å²) in [5, 5.41) is 12.2. The molecule has 0 radical (unpaired) electrons. The van der Waals surface area contributed by atoms with Crippen molar-refractivity contribution in [1.82, 2.24) is 0 Å². The average molecular weight is 731 g/mol. The fourth-order valence-electron chi connectivity index (χ4n) is 9.99. The van der Waals surface area contributed by atoms with Crippen molar-refractivity contribution >= 4 is 49.8 Å². The number of halogens is 2. The van der Waals surface area contributed by atoms with Crippen LogP contribution >= 0.6 is 31.9 Å². The van der Waals surface area contributed by atoms with E-state index in [0.29, 0.717) is 47.9 Å². The van der Waals surface area contributed by atoms with E-state index in [9.17, 15) is 19.5 Å². The zero-order valence-corrected chi connectivity index (χ0v) is 30.2. The molecule has 1 N–H and O–H groups in total. The molecule has 0 aromatic carbocycles. The highest BCUT2D eigenvalue weighted by atomic mass is 79.9. The monoisotopic (exact) mass is 728 g/mol. The summed E-state index contributed by atoms with van der Waals surface area (Å²) in [6, 6.07) is 0. The summed E-state index contributed by atoms with van der Waals surface area (Å²) in [5.74, 6) is -0.534. The number of rotatable bonds is 7. The van der Waals surface area contributed by atoms with E-state index in [0.717, 1.165) is 41.3 Å². The second kappa shape index (κ2) is 12.9. The van der Waals surface area contributed by atoms with Crippen LogP contribution in [0.2, 0.25) is 0 Å². The highest BCUT2D eigenvalue weighted by Gasteiger charge is 2.70. The maximum Gasteiger partial charge on any atom is 0.336 e. The first kappa shape index (κ1) is 34.7. The fraction of sp³-hybridized carbons (Fsp3) is 0.794. The topological polar surface area (TPSA) is 99.1 Å². The second-order valence-corrected chi connectivity index (χ2v) is 16.7. The van der Waals surface area contributed by atoms with Gasteiger partial charge in [-0.15, -0.1) is 0 Å². The summed E-state index contributed by atoms with van der Waals surface area (Å²) in [5.41, 5.74) is 1.77. The minimum Gasteiger partial charge on any atom is -0.458 e. The molecule has 4 rings (SSSR count).